The smallest absolute Gasteiger partial charge is 0.416 e. The van der Waals surface area contributed by atoms with Crippen LogP contribution in [0.2, 0.25) is 0 Å². The molecule has 34 heavy (non-hydrogen) atoms. The van der Waals surface area contributed by atoms with Crippen LogP contribution in [0.4, 0.5) is 23.2 Å². The van der Waals surface area contributed by atoms with E-state index in [4.69, 9.17) is 4.74 Å². The Balaban J connectivity index is 1.91. The van der Waals surface area contributed by atoms with Crippen LogP contribution in [-0.4, -0.2) is 17.8 Å². The summed E-state index contributed by atoms with van der Waals surface area (Å²) < 4.78 is 60.0. The summed E-state index contributed by atoms with van der Waals surface area (Å²) in [6.45, 7) is 3.98. The van der Waals surface area contributed by atoms with E-state index in [1.807, 2.05) is 38.1 Å². The lowest BCUT2D eigenvalue weighted by Gasteiger charge is -2.28. The quantitative estimate of drug-likeness (QED) is 0.311. The Labute approximate surface area is 197 Å². The molecule has 0 saturated carbocycles. The normalized spacial score (nSPS) is 12.4. The van der Waals surface area contributed by atoms with E-state index >= 15 is 0 Å². The van der Waals surface area contributed by atoms with Gasteiger partial charge in [0.15, 0.2) is 0 Å². The average molecular weight is 476 g/mol. The Hall–Kier alpha value is -3.06. The van der Waals surface area contributed by atoms with Crippen LogP contribution in [0.5, 0.6) is 11.5 Å². The van der Waals surface area contributed by atoms with Crippen LogP contribution in [0.15, 0.2) is 66.7 Å². The fourth-order valence-electron chi connectivity index (χ4n) is 3.73. The topological polar surface area (TPSA) is 32.7 Å². The van der Waals surface area contributed by atoms with Gasteiger partial charge < -0.3 is 14.7 Å². The Morgan fingerprint density at radius 2 is 1.65 bits per heavy atom. The number of nitrogens with zero attached hydrogens (tertiary/aromatic N) is 1. The maximum atomic E-state index is 14.5. The molecule has 0 radical (unpaired) electrons. The van der Waals surface area contributed by atoms with Crippen molar-refractivity contribution in [1.29, 1.82) is 0 Å². The molecule has 3 aromatic rings. The van der Waals surface area contributed by atoms with Gasteiger partial charge in [0.05, 0.1) is 11.7 Å². The van der Waals surface area contributed by atoms with Crippen LogP contribution >= 0.6 is 0 Å². The molecular weight excluding hydrogens is 446 g/mol. The highest BCUT2D eigenvalue weighted by molar-refractivity contribution is 5.52. The molecule has 1 unspecified atom stereocenters. The molecular formula is C27H29F4NO2. The van der Waals surface area contributed by atoms with Crippen molar-refractivity contribution in [2.75, 3.05) is 11.4 Å². The third-order valence-corrected chi connectivity index (χ3v) is 5.51. The van der Waals surface area contributed by atoms with Gasteiger partial charge in [0.1, 0.15) is 17.3 Å². The van der Waals surface area contributed by atoms with Crippen LogP contribution in [0, 0.1) is 5.82 Å². The highest BCUT2D eigenvalue weighted by atomic mass is 19.4. The van der Waals surface area contributed by atoms with Crippen molar-refractivity contribution in [3.8, 4) is 11.5 Å². The van der Waals surface area contributed by atoms with E-state index in [0.717, 1.165) is 36.6 Å². The van der Waals surface area contributed by atoms with E-state index in [-0.39, 0.29) is 18.7 Å². The second kappa shape index (κ2) is 11.4. The number of benzene rings is 3. The number of hydrogen-bond acceptors (Lipinski definition) is 3. The molecule has 0 fully saturated rings. The molecule has 0 spiro atoms. The maximum Gasteiger partial charge on any atom is 0.416 e. The SMILES string of the molecule is CCCC(O)CN(Cc1cc(C(F)(F)F)ccc1F)c1cccc(Oc2cccc(CC)c2)c1. The molecule has 0 aliphatic rings. The van der Waals surface area contributed by atoms with Gasteiger partial charge in [-0.2, -0.15) is 13.2 Å². The highest BCUT2D eigenvalue weighted by Gasteiger charge is 2.31. The van der Waals surface area contributed by atoms with E-state index in [1.54, 1.807) is 29.2 Å². The number of aryl methyl sites for hydroxylation is 1. The molecule has 0 aliphatic carbocycles. The molecule has 7 heteroatoms. The minimum Gasteiger partial charge on any atom is -0.457 e. The van der Waals surface area contributed by atoms with E-state index < -0.39 is 23.7 Å². The molecule has 182 valence electrons. The monoisotopic (exact) mass is 475 g/mol. The third kappa shape index (κ3) is 6.97. The zero-order valence-electron chi connectivity index (χ0n) is 19.3. The Bertz CT molecular complexity index is 1080. The number of aliphatic hydroxyl groups is 1. The number of halogens is 4. The molecule has 0 aromatic heterocycles. The van der Waals surface area contributed by atoms with Gasteiger partial charge in [0.25, 0.3) is 0 Å². The summed E-state index contributed by atoms with van der Waals surface area (Å²) in [5.41, 5.74) is 0.723. The first kappa shape index (κ1) is 25.6. The average Bonchev–Trinajstić information content (AvgIpc) is 2.79. The van der Waals surface area contributed by atoms with Crippen molar-refractivity contribution < 1.29 is 27.4 Å². The van der Waals surface area contributed by atoms with Gasteiger partial charge >= 0.3 is 6.18 Å². The molecule has 0 amide bonds. The first-order valence-corrected chi connectivity index (χ1v) is 11.3. The zero-order valence-corrected chi connectivity index (χ0v) is 19.3. The molecule has 0 heterocycles. The largest absolute Gasteiger partial charge is 0.457 e. The minimum absolute atomic E-state index is 0.0968. The molecule has 0 saturated heterocycles. The van der Waals surface area contributed by atoms with Gasteiger partial charge in [0, 0.05) is 30.4 Å². The van der Waals surface area contributed by atoms with E-state index in [1.165, 1.54) is 0 Å². The Kier molecular flexibility index (Phi) is 8.56. The van der Waals surface area contributed by atoms with E-state index in [0.29, 0.717) is 23.6 Å². The lowest BCUT2D eigenvalue weighted by Crippen LogP contribution is -2.32. The van der Waals surface area contributed by atoms with Crippen molar-refractivity contribution in [2.24, 2.45) is 0 Å². The number of hydrogen-bond donors (Lipinski definition) is 1. The van der Waals surface area contributed by atoms with Crippen LogP contribution in [-0.2, 0) is 19.1 Å². The summed E-state index contributed by atoms with van der Waals surface area (Å²) in [6.07, 6.45) is -3.17. The molecule has 3 rings (SSSR count). The number of anilines is 1. The summed E-state index contributed by atoms with van der Waals surface area (Å²) >= 11 is 0. The van der Waals surface area contributed by atoms with Crippen molar-refractivity contribution in [1.82, 2.24) is 0 Å². The lowest BCUT2D eigenvalue weighted by molar-refractivity contribution is -0.137. The van der Waals surface area contributed by atoms with E-state index in [2.05, 4.69) is 0 Å². The Morgan fingerprint density at radius 1 is 0.941 bits per heavy atom. The fraction of sp³-hybridized carbons (Fsp3) is 0.333. The molecule has 1 atom stereocenters. The summed E-state index contributed by atoms with van der Waals surface area (Å²) in [6, 6.07) is 17.1. The van der Waals surface area contributed by atoms with Crippen LogP contribution in [0.25, 0.3) is 0 Å². The Morgan fingerprint density at radius 3 is 2.32 bits per heavy atom. The van der Waals surface area contributed by atoms with Crippen molar-refractivity contribution in [3.63, 3.8) is 0 Å². The maximum absolute atomic E-state index is 14.5. The third-order valence-electron chi connectivity index (χ3n) is 5.51. The first-order valence-electron chi connectivity index (χ1n) is 11.3. The van der Waals surface area contributed by atoms with Crippen molar-refractivity contribution >= 4 is 5.69 Å². The van der Waals surface area contributed by atoms with Crippen molar-refractivity contribution in [3.05, 3.63) is 89.2 Å². The second-order valence-corrected chi connectivity index (χ2v) is 8.23. The van der Waals surface area contributed by atoms with Gasteiger partial charge in [-0.25, -0.2) is 4.39 Å². The minimum atomic E-state index is -4.57. The van der Waals surface area contributed by atoms with Crippen LogP contribution < -0.4 is 9.64 Å². The molecule has 0 aliphatic heterocycles. The fourth-order valence-corrected chi connectivity index (χ4v) is 3.73. The number of aliphatic hydroxyl groups excluding tert-OH is 1. The standard InChI is InChI=1S/C27H29F4NO2/c1-3-7-23(33)18-32(17-20-15-21(27(29,30)31)12-13-26(20)28)22-9-6-11-25(16-22)34-24-10-5-8-19(4-2)14-24/h5-6,8-16,23,33H,3-4,7,17-18H2,1-2H3. The number of ether oxygens (including phenoxy) is 1. The van der Waals surface area contributed by atoms with Crippen molar-refractivity contribution in [2.45, 2.75) is 51.9 Å². The van der Waals surface area contributed by atoms with Gasteiger partial charge in [-0.3, -0.25) is 0 Å². The lowest BCUT2D eigenvalue weighted by atomic mass is 10.1. The van der Waals surface area contributed by atoms with Gasteiger partial charge in [-0.05, 0) is 60.9 Å². The van der Waals surface area contributed by atoms with Crippen LogP contribution in [0.3, 0.4) is 0 Å². The van der Waals surface area contributed by atoms with Gasteiger partial charge in [-0.1, -0.05) is 38.5 Å². The first-order chi connectivity index (χ1) is 16.2. The molecule has 3 nitrogen and oxygen atoms in total. The summed E-state index contributed by atoms with van der Waals surface area (Å²) in [5.74, 6) is 0.468. The summed E-state index contributed by atoms with van der Waals surface area (Å²) in [4.78, 5) is 1.67. The summed E-state index contributed by atoms with van der Waals surface area (Å²) in [5, 5.41) is 10.4. The van der Waals surface area contributed by atoms with Gasteiger partial charge in [0.2, 0.25) is 0 Å². The molecule has 3 aromatic carbocycles. The number of alkyl halides is 3. The predicted octanol–water partition coefficient (Wildman–Crippen LogP) is 7.37. The number of rotatable bonds is 10. The zero-order chi connectivity index (χ0) is 24.7. The predicted molar refractivity (Wildman–Crippen MR) is 126 cm³/mol. The molecule has 1 N–H and O–H groups in total. The molecule has 0 bridgehead atoms. The second-order valence-electron chi connectivity index (χ2n) is 8.23. The van der Waals surface area contributed by atoms with Crippen LogP contribution in [0.1, 0.15) is 43.4 Å². The summed E-state index contributed by atoms with van der Waals surface area (Å²) in [7, 11) is 0. The van der Waals surface area contributed by atoms with Gasteiger partial charge in [-0.15, -0.1) is 0 Å². The highest BCUT2D eigenvalue weighted by Crippen LogP contribution is 2.32. The van der Waals surface area contributed by atoms with E-state index in [9.17, 15) is 22.7 Å².